The molecule has 3 rings (SSSR count). The van der Waals surface area contributed by atoms with Gasteiger partial charge < -0.3 is 11.1 Å². The number of hydrogen-bond donors (Lipinski definition) is 2. The van der Waals surface area contributed by atoms with Crippen molar-refractivity contribution in [2.75, 3.05) is 19.8 Å². The van der Waals surface area contributed by atoms with Gasteiger partial charge in [-0.1, -0.05) is 30.3 Å². The van der Waals surface area contributed by atoms with Crippen LogP contribution in [0.5, 0.6) is 0 Å². The van der Waals surface area contributed by atoms with Gasteiger partial charge >= 0.3 is 0 Å². The third-order valence-corrected chi connectivity index (χ3v) is 4.05. The highest BCUT2D eigenvalue weighted by Crippen LogP contribution is 2.32. The second-order valence-electron chi connectivity index (χ2n) is 5.01. The average molecular weight is 327 g/mol. The Kier molecular flexibility index (Phi) is 5.78. The normalized spacial score (nSPS) is 10.1. The summed E-state index contributed by atoms with van der Waals surface area (Å²) in [4.78, 5) is 14.4. The van der Waals surface area contributed by atoms with E-state index in [1.54, 1.807) is 17.5 Å². The fourth-order valence-corrected chi connectivity index (χ4v) is 2.98. The summed E-state index contributed by atoms with van der Waals surface area (Å²) in [6.07, 6.45) is 1.67. The van der Waals surface area contributed by atoms with Crippen molar-refractivity contribution in [3.63, 3.8) is 0 Å². The van der Waals surface area contributed by atoms with Crippen molar-refractivity contribution in [3.8, 4) is 22.0 Å². The van der Waals surface area contributed by atoms with Crippen molar-refractivity contribution in [3.05, 3.63) is 47.2 Å². The zero-order valence-corrected chi connectivity index (χ0v) is 14.6. The number of anilines is 1. The van der Waals surface area contributed by atoms with Crippen LogP contribution >= 0.6 is 11.3 Å². The molecule has 0 bridgehead atoms. The van der Waals surface area contributed by atoms with E-state index in [0.717, 1.165) is 26.8 Å². The number of nitrogens with one attached hydrogen (secondary N) is 1. The first-order chi connectivity index (χ1) is 11.1. The number of nitrogens with two attached hydrogens (primary N) is 1. The fourth-order valence-electron chi connectivity index (χ4n) is 2.05. The van der Waals surface area contributed by atoms with E-state index in [1.165, 1.54) is 0 Å². The molecule has 6 heteroatoms. The molecule has 3 N–H and O–H groups in total. The molecule has 5 nitrogen and oxygen atoms in total. The highest BCUT2D eigenvalue weighted by Gasteiger charge is 2.14. The maximum absolute atomic E-state index is 6.03. The summed E-state index contributed by atoms with van der Waals surface area (Å²) >= 11 is 1.60. The molecule has 0 spiro atoms. The molecule has 2 aromatic heterocycles. The Balaban J connectivity index is 0.000000595. The van der Waals surface area contributed by atoms with Crippen LogP contribution < -0.4 is 11.1 Å². The van der Waals surface area contributed by atoms with Gasteiger partial charge in [-0.15, -0.1) is 11.3 Å². The van der Waals surface area contributed by atoms with Crippen molar-refractivity contribution in [1.82, 2.24) is 20.3 Å². The first-order valence-electron chi connectivity index (χ1n) is 7.27. The Labute approximate surface area is 140 Å². The van der Waals surface area contributed by atoms with Gasteiger partial charge in [0, 0.05) is 5.56 Å². The van der Waals surface area contributed by atoms with Crippen LogP contribution in [0.1, 0.15) is 10.7 Å². The number of hydrogen-bond acceptors (Lipinski definition) is 6. The van der Waals surface area contributed by atoms with E-state index >= 15 is 0 Å². The maximum atomic E-state index is 6.03. The molecule has 0 saturated carbocycles. The molecule has 0 aliphatic heterocycles. The van der Waals surface area contributed by atoms with E-state index in [4.69, 9.17) is 5.73 Å². The number of nitrogens with zero attached hydrogens (tertiary/aromatic N) is 3. The van der Waals surface area contributed by atoms with Crippen molar-refractivity contribution in [2.45, 2.75) is 13.8 Å². The summed E-state index contributed by atoms with van der Waals surface area (Å²) in [5.74, 6) is 0.681. The monoisotopic (exact) mass is 327 g/mol. The van der Waals surface area contributed by atoms with Gasteiger partial charge in [-0.05, 0) is 27.9 Å². The minimum atomic E-state index is 0.580. The molecule has 0 aliphatic carbocycles. The second kappa shape index (κ2) is 7.80. The van der Waals surface area contributed by atoms with Crippen molar-refractivity contribution >= 4 is 17.0 Å². The van der Waals surface area contributed by atoms with Crippen LogP contribution in [0, 0.1) is 13.8 Å². The van der Waals surface area contributed by atoms with Gasteiger partial charge in [-0.2, -0.15) is 0 Å². The highest BCUT2D eigenvalue weighted by molar-refractivity contribution is 7.15. The van der Waals surface area contributed by atoms with Gasteiger partial charge in [-0.3, -0.25) is 0 Å². The smallest absolute Gasteiger partial charge is 0.159 e. The molecule has 1 aromatic carbocycles. The predicted octanol–water partition coefficient (Wildman–Crippen LogP) is 3.30. The lowest BCUT2D eigenvalue weighted by Gasteiger charge is -2.06. The first kappa shape index (κ1) is 17.1. The molecule has 120 valence electrons. The molecular formula is C17H21N5S. The standard InChI is InChI=1S/C15H14N4S.C2H7N/c1-9-14(20-10(2)18-9)13-12(16)8-17-15(19-13)11-6-4-3-5-7-11;1-3-2/h3-8H,16H2,1-2H3;3H,1-2H3. The number of benzene rings is 1. The topological polar surface area (TPSA) is 76.7 Å². The van der Waals surface area contributed by atoms with Crippen LogP contribution in [0.2, 0.25) is 0 Å². The average Bonchev–Trinajstić information content (AvgIpc) is 2.88. The zero-order valence-electron chi connectivity index (χ0n) is 13.8. The van der Waals surface area contributed by atoms with Crippen LogP contribution in [-0.4, -0.2) is 29.0 Å². The summed E-state index contributed by atoms with van der Waals surface area (Å²) in [6.45, 7) is 3.96. The lowest BCUT2D eigenvalue weighted by atomic mass is 10.2. The lowest BCUT2D eigenvalue weighted by Crippen LogP contribution is -1.98. The van der Waals surface area contributed by atoms with Gasteiger partial charge in [-0.25, -0.2) is 15.0 Å². The molecular weight excluding hydrogens is 306 g/mol. The summed E-state index contributed by atoms with van der Waals surface area (Å²) in [5.41, 5.74) is 9.31. The van der Waals surface area contributed by atoms with Crippen LogP contribution in [0.15, 0.2) is 36.5 Å². The largest absolute Gasteiger partial charge is 0.396 e. The quantitative estimate of drug-likeness (QED) is 0.755. The minimum Gasteiger partial charge on any atom is -0.396 e. The molecule has 0 amide bonds. The molecule has 0 saturated heterocycles. The maximum Gasteiger partial charge on any atom is 0.159 e. The van der Waals surface area contributed by atoms with Gasteiger partial charge in [0.25, 0.3) is 0 Å². The summed E-state index contributed by atoms with van der Waals surface area (Å²) in [5, 5.41) is 3.76. The number of aryl methyl sites for hydroxylation is 2. The molecule has 0 radical (unpaired) electrons. The molecule has 2 heterocycles. The third kappa shape index (κ3) is 4.12. The zero-order chi connectivity index (χ0) is 16.8. The Hall–Kier alpha value is -2.31. The Morgan fingerprint density at radius 1 is 1.04 bits per heavy atom. The van der Waals surface area contributed by atoms with Gasteiger partial charge in [0.1, 0.15) is 5.69 Å². The van der Waals surface area contributed by atoms with Crippen molar-refractivity contribution in [1.29, 1.82) is 0 Å². The predicted molar refractivity (Wildman–Crippen MR) is 97.4 cm³/mol. The number of nitrogen functional groups attached to an aromatic ring is 1. The first-order valence-corrected chi connectivity index (χ1v) is 8.09. The van der Waals surface area contributed by atoms with Crippen LogP contribution in [0.3, 0.4) is 0 Å². The van der Waals surface area contributed by atoms with E-state index in [9.17, 15) is 0 Å². The molecule has 0 atom stereocenters. The fraction of sp³-hybridized carbons (Fsp3) is 0.235. The number of thiazole rings is 1. The van der Waals surface area contributed by atoms with Crippen LogP contribution in [-0.2, 0) is 0 Å². The van der Waals surface area contributed by atoms with E-state index in [2.05, 4.69) is 20.3 Å². The van der Waals surface area contributed by atoms with E-state index < -0.39 is 0 Å². The number of aromatic nitrogens is 3. The van der Waals surface area contributed by atoms with E-state index in [-0.39, 0.29) is 0 Å². The molecule has 0 aliphatic rings. The van der Waals surface area contributed by atoms with E-state index in [0.29, 0.717) is 11.5 Å². The number of rotatable bonds is 2. The summed E-state index contributed by atoms with van der Waals surface area (Å²) < 4.78 is 0. The second-order valence-corrected chi connectivity index (χ2v) is 6.21. The summed E-state index contributed by atoms with van der Waals surface area (Å²) in [6, 6.07) is 9.88. The van der Waals surface area contributed by atoms with Crippen molar-refractivity contribution < 1.29 is 0 Å². The van der Waals surface area contributed by atoms with Crippen LogP contribution in [0.4, 0.5) is 5.69 Å². The Bertz CT molecular complexity index is 768. The Morgan fingerprint density at radius 2 is 1.70 bits per heavy atom. The van der Waals surface area contributed by atoms with Crippen molar-refractivity contribution in [2.24, 2.45) is 0 Å². The SMILES string of the molecule is CNC.Cc1nc(C)c(-c2nc(-c3ccccc3)ncc2N)s1. The molecule has 23 heavy (non-hydrogen) atoms. The van der Waals surface area contributed by atoms with E-state index in [1.807, 2.05) is 58.3 Å². The minimum absolute atomic E-state index is 0.580. The van der Waals surface area contributed by atoms with Crippen LogP contribution in [0.25, 0.3) is 22.0 Å². The highest BCUT2D eigenvalue weighted by atomic mass is 32.1. The molecule has 0 unspecified atom stereocenters. The molecule has 3 aromatic rings. The van der Waals surface area contributed by atoms with Gasteiger partial charge in [0.15, 0.2) is 5.82 Å². The lowest BCUT2D eigenvalue weighted by molar-refractivity contribution is 1.02. The van der Waals surface area contributed by atoms with Gasteiger partial charge in [0.05, 0.1) is 27.5 Å². The molecule has 0 fully saturated rings. The Morgan fingerprint density at radius 3 is 2.26 bits per heavy atom. The van der Waals surface area contributed by atoms with Gasteiger partial charge in [0.2, 0.25) is 0 Å². The third-order valence-electron chi connectivity index (χ3n) is 2.97. The summed E-state index contributed by atoms with van der Waals surface area (Å²) in [7, 11) is 3.75.